The standard InChI is InChI=1S/C14H19Cl2N/c1-10-4-6-14(17,7-5-10)9-11-2-3-12(15)8-13(11)16/h2-3,8,10H,4-7,9,17H2,1H3. The van der Waals surface area contributed by atoms with Crippen molar-refractivity contribution >= 4 is 23.2 Å². The molecular weight excluding hydrogens is 253 g/mol. The van der Waals surface area contributed by atoms with Crippen LogP contribution in [0.4, 0.5) is 0 Å². The highest BCUT2D eigenvalue weighted by Gasteiger charge is 2.30. The molecule has 94 valence electrons. The Labute approximate surface area is 113 Å². The lowest BCUT2D eigenvalue weighted by Gasteiger charge is -2.36. The number of hydrogen-bond acceptors (Lipinski definition) is 1. The minimum absolute atomic E-state index is 0.0794. The van der Waals surface area contributed by atoms with Gasteiger partial charge in [-0.1, -0.05) is 36.2 Å². The van der Waals surface area contributed by atoms with Crippen molar-refractivity contribution in [3.8, 4) is 0 Å². The molecule has 1 nitrogen and oxygen atoms in total. The maximum absolute atomic E-state index is 6.47. The molecule has 0 amide bonds. The molecule has 1 aliphatic carbocycles. The van der Waals surface area contributed by atoms with Crippen molar-refractivity contribution in [2.24, 2.45) is 11.7 Å². The molecule has 3 heteroatoms. The smallest absolute Gasteiger partial charge is 0.0453 e. The topological polar surface area (TPSA) is 26.0 Å². The van der Waals surface area contributed by atoms with Crippen LogP contribution in [0.1, 0.15) is 38.2 Å². The summed E-state index contributed by atoms with van der Waals surface area (Å²) >= 11 is 12.1. The third-order valence-electron chi connectivity index (χ3n) is 3.83. The Kier molecular flexibility index (Phi) is 4.02. The van der Waals surface area contributed by atoms with E-state index in [2.05, 4.69) is 6.92 Å². The van der Waals surface area contributed by atoms with Gasteiger partial charge in [-0.3, -0.25) is 0 Å². The van der Waals surface area contributed by atoms with E-state index in [0.29, 0.717) is 5.02 Å². The summed E-state index contributed by atoms with van der Waals surface area (Å²) in [6.45, 7) is 2.30. The summed E-state index contributed by atoms with van der Waals surface area (Å²) < 4.78 is 0. The van der Waals surface area contributed by atoms with Gasteiger partial charge in [0.05, 0.1) is 0 Å². The van der Waals surface area contributed by atoms with Crippen molar-refractivity contribution in [2.45, 2.75) is 44.6 Å². The molecule has 0 heterocycles. The number of nitrogens with two attached hydrogens (primary N) is 1. The van der Waals surface area contributed by atoms with Crippen LogP contribution in [0.5, 0.6) is 0 Å². The van der Waals surface area contributed by atoms with Gasteiger partial charge in [0.2, 0.25) is 0 Å². The van der Waals surface area contributed by atoms with Crippen LogP contribution in [0, 0.1) is 5.92 Å². The maximum Gasteiger partial charge on any atom is 0.0453 e. The fourth-order valence-electron chi connectivity index (χ4n) is 2.56. The van der Waals surface area contributed by atoms with E-state index in [1.807, 2.05) is 12.1 Å². The molecule has 0 atom stereocenters. The lowest BCUT2D eigenvalue weighted by molar-refractivity contribution is 0.243. The largest absolute Gasteiger partial charge is 0.325 e. The van der Waals surface area contributed by atoms with Gasteiger partial charge in [0.1, 0.15) is 0 Å². The van der Waals surface area contributed by atoms with Crippen molar-refractivity contribution in [3.05, 3.63) is 33.8 Å². The van der Waals surface area contributed by atoms with Crippen LogP contribution in [0.2, 0.25) is 10.0 Å². The minimum atomic E-state index is -0.0794. The van der Waals surface area contributed by atoms with E-state index in [4.69, 9.17) is 28.9 Å². The van der Waals surface area contributed by atoms with Gasteiger partial charge >= 0.3 is 0 Å². The summed E-state index contributed by atoms with van der Waals surface area (Å²) in [5.41, 5.74) is 7.51. The summed E-state index contributed by atoms with van der Waals surface area (Å²) in [4.78, 5) is 0. The van der Waals surface area contributed by atoms with Crippen molar-refractivity contribution in [3.63, 3.8) is 0 Å². The highest BCUT2D eigenvalue weighted by atomic mass is 35.5. The van der Waals surface area contributed by atoms with E-state index >= 15 is 0 Å². The Balaban J connectivity index is 2.09. The Bertz CT molecular complexity index is 395. The fourth-order valence-corrected chi connectivity index (χ4v) is 3.03. The van der Waals surface area contributed by atoms with E-state index in [0.717, 1.165) is 35.8 Å². The average molecular weight is 272 g/mol. The van der Waals surface area contributed by atoms with Crippen molar-refractivity contribution in [2.75, 3.05) is 0 Å². The van der Waals surface area contributed by atoms with Gasteiger partial charge in [0.15, 0.2) is 0 Å². The molecule has 0 spiro atoms. The van der Waals surface area contributed by atoms with Crippen LogP contribution in [-0.4, -0.2) is 5.54 Å². The highest BCUT2D eigenvalue weighted by Crippen LogP contribution is 2.34. The molecule has 1 aromatic carbocycles. The van der Waals surface area contributed by atoms with Crippen LogP contribution in [0.15, 0.2) is 18.2 Å². The molecule has 1 aromatic rings. The second-order valence-corrected chi connectivity index (χ2v) is 6.30. The monoisotopic (exact) mass is 271 g/mol. The lowest BCUT2D eigenvalue weighted by atomic mass is 9.75. The Morgan fingerprint density at radius 2 is 1.94 bits per heavy atom. The number of halogens is 2. The van der Waals surface area contributed by atoms with Crippen molar-refractivity contribution < 1.29 is 0 Å². The molecule has 0 unspecified atom stereocenters. The highest BCUT2D eigenvalue weighted by molar-refractivity contribution is 6.35. The first-order valence-corrected chi connectivity index (χ1v) is 6.97. The van der Waals surface area contributed by atoms with E-state index in [1.165, 1.54) is 12.8 Å². The summed E-state index contributed by atoms with van der Waals surface area (Å²) in [5.74, 6) is 0.812. The van der Waals surface area contributed by atoms with E-state index in [1.54, 1.807) is 6.07 Å². The normalized spacial score (nSPS) is 29.3. The molecule has 0 radical (unpaired) electrons. The third-order valence-corrected chi connectivity index (χ3v) is 4.41. The molecule has 2 N–H and O–H groups in total. The zero-order valence-electron chi connectivity index (χ0n) is 10.2. The molecule has 0 aromatic heterocycles. The molecule has 1 saturated carbocycles. The summed E-state index contributed by atoms with van der Waals surface area (Å²) in [5, 5.41) is 1.42. The van der Waals surface area contributed by atoms with Gasteiger partial charge in [-0.25, -0.2) is 0 Å². The quantitative estimate of drug-likeness (QED) is 0.846. The lowest BCUT2D eigenvalue weighted by Crippen LogP contribution is -2.45. The number of rotatable bonds is 2. The molecule has 17 heavy (non-hydrogen) atoms. The van der Waals surface area contributed by atoms with Crippen LogP contribution in [0.25, 0.3) is 0 Å². The summed E-state index contributed by atoms with van der Waals surface area (Å²) in [6.07, 6.45) is 5.49. The molecule has 1 aliphatic rings. The SMILES string of the molecule is CC1CCC(N)(Cc2ccc(Cl)cc2Cl)CC1. The Morgan fingerprint density at radius 1 is 1.29 bits per heavy atom. The molecular formula is C14H19Cl2N. The molecule has 0 bridgehead atoms. The van der Waals surface area contributed by atoms with E-state index in [9.17, 15) is 0 Å². The first kappa shape index (κ1) is 13.2. The summed E-state index contributed by atoms with van der Waals surface area (Å²) in [6, 6.07) is 5.68. The zero-order chi connectivity index (χ0) is 12.5. The minimum Gasteiger partial charge on any atom is -0.325 e. The molecule has 0 saturated heterocycles. The van der Waals surface area contributed by atoms with Crippen molar-refractivity contribution in [1.82, 2.24) is 0 Å². The second kappa shape index (κ2) is 5.17. The number of hydrogen-bond donors (Lipinski definition) is 1. The fraction of sp³-hybridized carbons (Fsp3) is 0.571. The zero-order valence-corrected chi connectivity index (χ0v) is 11.7. The van der Waals surface area contributed by atoms with Gasteiger partial charge in [-0.2, -0.15) is 0 Å². The summed E-state index contributed by atoms with van der Waals surface area (Å²) in [7, 11) is 0. The average Bonchev–Trinajstić information content (AvgIpc) is 2.27. The van der Waals surface area contributed by atoms with E-state index in [-0.39, 0.29) is 5.54 Å². The number of benzene rings is 1. The van der Waals surface area contributed by atoms with E-state index < -0.39 is 0 Å². The van der Waals surface area contributed by atoms with Crippen LogP contribution in [0.3, 0.4) is 0 Å². The van der Waals surface area contributed by atoms with Crippen LogP contribution < -0.4 is 5.73 Å². The third kappa shape index (κ3) is 3.37. The second-order valence-electron chi connectivity index (χ2n) is 5.46. The maximum atomic E-state index is 6.47. The van der Waals surface area contributed by atoms with Crippen LogP contribution >= 0.6 is 23.2 Å². The predicted molar refractivity (Wildman–Crippen MR) is 74.7 cm³/mol. The van der Waals surface area contributed by atoms with Gasteiger partial charge < -0.3 is 5.73 Å². The van der Waals surface area contributed by atoms with Crippen molar-refractivity contribution in [1.29, 1.82) is 0 Å². The first-order valence-electron chi connectivity index (χ1n) is 6.21. The van der Waals surface area contributed by atoms with Crippen LogP contribution in [-0.2, 0) is 6.42 Å². The van der Waals surface area contributed by atoms with Gasteiger partial charge in [-0.15, -0.1) is 0 Å². The predicted octanol–water partition coefficient (Wildman–Crippen LogP) is 4.44. The molecule has 0 aliphatic heterocycles. The van der Waals surface area contributed by atoms with Gasteiger partial charge in [0, 0.05) is 15.6 Å². The Morgan fingerprint density at radius 3 is 2.53 bits per heavy atom. The first-order chi connectivity index (χ1) is 7.98. The molecule has 2 rings (SSSR count). The Hall–Kier alpha value is -0.240. The van der Waals surface area contributed by atoms with Gasteiger partial charge in [-0.05, 0) is 55.7 Å². The molecule has 1 fully saturated rings. The van der Waals surface area contributed by atoms with Gasteiger partial charge in [0.25, 0.3) is 0 Å².